The van der Waals surface area contributed by atoms with E-state index in [9.17, 15) is 4.79 Å². The van der Waals surface area contributed by atoms with Crippen LogP contribution in [-0.4, -0.2) is 20.9 Å². The number of anilines is 3. The molecule has 4 rings (SSSR count). The molecule has 6 nitrogen and oxygen atoms in total. The first kappa shape index (κ1) is 18.6. The number of hydrogen-bond donors (Lipinski definition) is 2. The van der Waals surface area contributed by atoms with Crippen LogP contribution in [-0.2, 0) is 6.42 Å². The smallest absolute Gasteiger partial charge is 0.274 e. The van der Waals surface area contributed by atoms with Gasteiger partial charge in [-0.25, -0.2) is 9.97 Å². The number of aryl methyl sites for hydroxylation is 2. The monoisotopic (exact) mass is 383 g/mol. The second-order valence-corrected chi connectivity index (χ2v) is 6.73. The van der Waals surface area contributed by atoms with Gasteiger partial charge in [-0.2, -0.15) is 0 Å². The molecule has 0 fully saturated rings. The SMILES string of the molecule is CCc1ccc(Nc2nc(C)cc(C(=O)Nc3cccc4cccnc34)n2)cc1. The average Bonchev–Trinajstić information content (AvgIpc) is 2.74. The molecule has 2 aromatic heterocycles. The Morgan fingerprint density at radius 2 is 1.79 bits per heavy atom. The second-order valence-electron chi connectivity index (χ2n) is 6.73. The predicted octanol–water partition coefficient (Wildman–Crippen LogP) is 4.89. The molecule has 0 aliphatic carbocycles. The number of para-hydroxylation sites is 1. The van der Waals surface area contributed by atoms with Gasteiger partial charge in [-0.1, -0.05) is 37.3 Å². The number of fused-ring (bicyclic) bond motifs is 1. The molecule has 0 aliphatic heterocycles. The van der Waals surface area contributed by atoms with Crippen LogP contribution in [0, 0.1) is 6.92 Å². The highest BCUT2D eigenvalue weighted by Crippen LogP contribution is 2.21. The molecule has 0 aliphatic rings. The van der Waals surface area contributed by atoms with Crippen molar-refractivity contribution in [3.8, 4) is 0 Å². The summed E-state index contributed by atoms with van der Waals surface area (Å²) in [6.07, 6.45) is 2.69. The zero-order valence-corrected chi connectivity index (χ0v) is 16.3. The first-order valence-corrected chi connectivity index (χ1v) is 9.49. The fourth-order valence-corrected chi connectivity index (χ4v) is 3.09. The van der Waals surface area contributed by atoms with E-state index in [0.717, 1.165) is 23.0 Å². The summed E-state index contributed by atoms with van der Waals surface area (Å²) in [7, 11) is 0. The van der Waals surface area contributed by atoms with Crippen molar-refractivity contribution in [2.75, 3.05) is 10.6 Å². The van der Waals surface area contributed by atoms with Crippen LogP contribution >= 0.6 is 0 Å². The van der Waals surface area contributed by atoms with Crippen LogP contribution in [0.1, 0.15) is 28.7 Å². The van der Waals surface area contributed by atoms with Crippen LogP contribution in [0.15, 0.2) is 66.9 Å². The Kier molecular flexibility index (Phi) is 5.16. The molecule has 0 saturated carbocycles. The minimum Gasteiger partial charge on any atom is -0.324 e. The van der Waals surface area contributed by atoms with Gasteiger partial charge in [0.25, 0.3) is 5.91 Å². The third kappa shape index (κ3) is 4.21. The highest BCUT2D eigenvalue weighted by molar-refractivity contribution is 6.07. The van der Waals surface area contributed by atoms with Gasteiger partial charge in [-0.3, -0.25) is 9.78 Å². The van der Waals surface area contributed by atoms with E-state index in [2.05, 4.69) is 44.6 Å². The van der Waals surface area contributed by atoms with E-state index in [-0.39, 0.29) is 11.6 Å². The molecule has 1 amide bonds. The highest BCUT2D eigenvalue weighted by Gasteiger charge is 2.13. The molecule has 6 heteroatoms. The molecule has 0 spiro atoms. The van der Waals surface area contributed by atoms with Gasteiger partial charge in [0.1, 0.15) is 5.69 Å². The number of carbonyl (C=O) groups is 1. The maximum atomic E-state index is 12.8. The van der Waals surface area contributed by atoms with Crippen molar-refractivity contribution in [2.45, 2.75) is 20.3 Å². The number of aromatic nitrogens is 3. The molecule has 0 atom stereocenters. The summed E-state index contributed by atoms with van der Waals surface area (Å²) in [6.45, 7) is 3.95. The molecule has 0 saturated heterocycles. The van der Waals surface area contributed by atoms with Gasteiger partial charge in [0, 0.05) is 23.0 Å². The van der Waals surface area contributed by atoms with Gasteiger partial charge in [-0.05, 0) is 49.2 Å². The first-order chi connectivity index (χ1) is 14.1. The lowest BCUT2D eigenvalue weighted by Gasteiger charge is -2.10. The number of rotatable bonds is 5. The van der Waals surface area contributed by atoms with Crippen LogP contribution in [0.3, 0.4) is 0 Å². The molecule has 0 bridgehead atoms. The quantitative estimate of drug-likeness (QED) is 0.513. The van der Waals surface area contributed by atoms with Crippen molar-refractivity contribution in [2.24, 2.45) is 0 Å². The van der Waals surface area contributed by atoms with E-state index in [4.69, 9.17) is 0 Å². The molecule has 0 radical (unpaired) electrons. The fraction of sp³-hybridized carbons (Fsp3) is 0.130. The Balaban J connectivity index is 1.58. The third-order valence-electron chi connectivity index (χ3n) is 4.59. The summed E-state index contributed by atoms with van der Waals surface area (Å²) < 4.78 is 0. The number of nitrogens with one attached hydrogen (secondary N) is 2. The zero-order valence-electron chi connectivity index (χ0n) is 16.3. The number of nitrogens with zero attached hydrogens (tertiary/aromatic N) is 3. The van der Waals surface area contributed by atoms with Gasteiger partial charge in [0.05, 0.1) is 11.2 Å². The Labute approximate surface area is 169 Å². The van der Waals surface area contributed by atoms with Crippen molar-refractivity contribution in [1.29, 1.82) is 0 Å². The summed E-state index contributed by atoms with van der Waals surface area (Å²) in [5.74, 6) is 0.0773. The maximum absolute atomic E-state index is 12.8. The fourth-order valence-electron chi connectivity index (χ4n) is 3.09. The van der Waals surface area contributed by atoms with Crippen LogP contribution in [0.2, 0.25) is 0 Å². The minimum atomic E-state index is -0.307. The van der Waals surface area contributed by atoms with Crippen molar-refractivity contribution in [3.63, 3.8) is 0 Å². The van der Waals surface area contributed by atoms with Gasteiger partial charge in [0.2, 0.25) is 5.95 Å². The lowest BCUT2D eigenvalue weighted by Crippen LogP contribution is -2.16. The number of benzene rings is 2. The third-order valence-corrected chi connectivity index (χ3v) is 4.59. The van der Waals surface area contributed by atoms with E-state index in [0.29, 0.717) is 17.3 Å². The summed E-state index contributed by atoms with van der Waals surface area (Å²) >= 11 is 0. The molecular formula is C23H21N5O. The molecule has 2 aromatic carbocycles. The normalized spacial score (nSPS) is 10.7. The average molecular weight is 383 g/mol. The Bertz CT molecular complexity index is 1170. The lowest BCUT2D eigenvalue weighted by atomic mass is 10.1. The molecular weight excluding hydrogens is 362 g/mol. The predicted molar refractivity (Wildman–Crippen MR) is 116 cm³/mol. The van der Waals surface area contributed by atoms with E-state index >= 15 is 0 Å². The maximum Gasteiger partial charge on any atom is 0.274 e. The minimum absolute atomic E-state index is 0.290. The lowest BCUT2D eigenvalue weighted by molar-refractivity contribution is 0.102. The van der Waals surface area contributed by atoms with E-state index in [1.807, 2.05) is 49.4 Å². The van der Waals surface area contributed by atoms with Gasteiger partial charge in [0.15, 0.2) is 0 Å². The molecule has 144 valence electrons. The summed E-state index contributed by atoms with van der Waals surface area (Å²) in [6, 6.07) is 19.2. The van der Waals surface area contributed by atoms with Crippen LogP contribution in [0.5, 0.6) is 0 Å². The van der Waals surface area contributed by atoms with Crippen LogP contribution in [0.25, 0.3) is 10.9 Å². The summed E-state index contributed by atoms with van der Waals surface area (Å²) in [5, 5.41) is 7.05. The largest absolute Gasteiger partial charge is 0.324 e. The van der Waals surface area contributed by atoms with Crippen LogP contribution in [0.4, 0.5) is 17.3 Å². The Morgan fingerprint density at radius 3 is 2.59 bits per heavy atom. The van der Waals surface area contributed by atoms with Crippen LogP contribution < -0.4 is 10.6 Å². The second kappa shape index (κ2) is 8.06. The summed E-state index contributed by atoms with van der Waals surface area (Å²) in [5.41, 5.74) is 4.51. The number of carbonyl (C=O) groups excluding carboxylic acids is 1. The Morgan fingerprint density at radius 1 is 1.00 bits per heavy atom. The van der Waals surface area contributed by atoms with Gasteiger partial charge >= 0.3 is 0 Å². The van der Waals surface area contributed by atoms with E-state index in [1.54, 1.807) is 12.3 Å². The zero-order chi connectivity index (χ0) is 20.2. The molecule has 4 aromatic rings. The van der Waals surface area contributed by atoms with Gasteiger partial charge in [-0.15, -0.1) is 0 Å². The standard InChI is InChI=1S/C23H21N5O/c1-3-16-9-11-18(12-10-16)26-23-25-15(2)14-20(28-23)22(29)27-19-8-4-6-17-7-5-13-24-21(17)19/h4-14H,3H2,1-2H3,(H,27,29)(H,25,26,28). The van der Waals surface area contributed by atoms with Crippen molar-refractivity contribution in [1.82, 2.24) is 15.0 Å². The highest BCUT2D eigenvalue weighted by atomic mass is 16.1. The topological polar surface area (TPSA) is 79.8 Å². The van der Waals surface area contributed by atoms with Crippen molar-refractivity contribution >= 4 is 34.1 Å². The van der Waals surface area contributed by atoms with Crippen molar-refractivity contribution < 1.29 is 4.79 Å². The number of pyridine rings is 1. The van der Waals surface area contributed by atoms with Crippen molar-refractivity contribution in [3.05, 3.63) is 83.8 Å². The molecule has 2 heterocycles. The molecule has 0 unspecified atom stereocenters. The van der Waals surface area contributed by atoms with Gasteiger partial charge < -0.3 is 10.6 Å². The van der Waals surface area contributed by atoms with E-state index < -0.39 is 0 Å². The first-order valence-electron chi connectivity index (χ1n) is 9.49. The Hall–Kier alpha value is -3.80. The number of amides is 1. The van der Waals surface area contributed by atoms with E-state index in [1.165, 1.54) is 5.56 Å². The summed E-state index contributed by atoms with van der Waals surface area (Å²) in [4.78, 5) is 26.0. The number of hydrogen-bond acceptors (Lipinski definition) is 5. The molecule has 29 heavy (non-hydrogen) atoms. The molecule has 2 N–H and O–H groups in total.